The molecule has 110 valence electrons. The first kappa shape index (κ1) is 14.9. The van der Waals surface area contributed by atoms with E-state index in [-0.39, 0.29) is 31.5 Å². The molecule has 3 N–H and O–H groups in total. The number of nitrogens with two attached hydrogens (primary N) is 1. The highest BCUT2D eigenvalue weighted by Crippen LogP contribution is 2.21. The maximum absolute atomic E-state index is 13.7. The summed E-state index contributed by atoms with van der Waals surface area (Å²) in [7, 11) is 0. The number of hydrogen-bond donors (Lipinski definition) is 2. The van der Waals surface area contributed by atoms with Gasteiger partial charge in [0.25, 0.3) is 5.91 Å². The van der Waals surface area contributed by atoms with Gasteiger partial charge in [-0.05, 0) is 17.5 Å². The second-order valence-corrected chi connectivity index (χ2v) is 4.42. The van der Waals surface area contributed by atoms with Gasteiger partial charge in [0.05, 0.1) is 6.61 Å². The van der Waals surface area contributed by atoms with Crippen molar-refractivity contribution in [2.75, 3.05) is 19.8 Å². The molecule has 0 aromatic heterocycles. The van der Waals surface area contributed by atoms with Gasteiger partial charge in [-0.15, -0.1) is 0 Å². The van der Waals surface area contributed by atoms with E-state index in [4.69, 9.17) is 10.5 Å². The predicted molar refractivity (Wildman–Crippen MR) is 76.3 cm³/mol. The molecule has 5 nitrogen and oxygen atoms in total. The summed E-state index contributed by atoms with van der Waals surface area (Å²) in [5, 5.41) is 3.59. The zero-order valence-corrected chi connectivity index (χ0v) is 11.3. The molecule has 0 unspecified atom stereocenters. The molecule has 6 heteroatoms. The lowest BCUT2D eigenvalue weighted by Gasteiger charge is -2.08. The Hall–Kier alpha value is -2.47. The van der Waals surface area contributed by atoms with Gasteiger partial charge in [0.15, 0.2) is 0 Å². The van der Waals surface area contributed by atoms with Crippen molar-refractivity contribution in [1.82, 2.24) is 5.32 Å². The second-order valence-electron chi connectivity index (χ2n) is 4.42. The molecule has 0 aliphatic heterocycles. The van der Waals surface area contributed by atoms with E-state index in [2.05, 4.69) is 5.32 Å². The molecule has 0 atom stereocenters. The molecule has 0 aliphatic rings. The number of amides is 2. The second kappa shape index (κ2) is 6.81. The molecule has 2 rings (SSSR count). The Balaban J connectivity index is 2.03. The van der Waals surface area contributed by atoms with Gasteiger partial charge in [-0.2, -0.15) is 0 Å². The van der Waals surface area contributed by atoms with Crippen LogP contribution in [0.3, 0.4) is 0 Å². The number of benzene rings is 2. The fourth-order valence-corrected chi connectivity index (χ4v) is 1.97. The van der Waals surface area contributed by atoms with E-state index < -0.39 is 5.91 Å². The minimum absolute atomic E-state index is 0.174. The number of fused-ring (bicyclic) bond motifs is 1. The van der Waals surface area contributed by atoms with Crippen molar-refractivity contribution in [3.63, 3.8) is 0 Å². The maximum Gasteiger partial charge on any atom is 0.251 e. The fourth-order valence-electron chi connectivity index (χ4n) is 1.97. The SMILES string of the molecule is NC(=O)COCCNC(=O)c1ccc(F)c2ccccc12. The number of ether oxygens (including phenoxy) is 1. The van der Waals surface area contributed by atoms with Crippen LogP contribution in [0.1, 0.15) is 10.4 Å². The van der Waals surface area contributed by atoms with Gasteiger partial charge < -0.3 is 15.8 Å². The highest BCUT2D eigenvalue weighted by molar-refractivity contribution is 6.07. The number of hydrogen-bond acceptors (Lipinski definition) is 3. The maximum atomic E-state index is 13.7. The first-order valence-electron chi connectivity index (χ1n) is 6.41. The molecular weight excluding hydrogens is 275 g/mol. The van der Waals surface area contributed by atoms with Gasteiger partial charge in [-0.25, -0.2) is 4.39 Å². The van der Waals surface area contributed by atoms with Crippen LogP contribution in [0.15, 0.2) is 36.4 Å². The molecule has 0 saturated carbocycles. The molecule has 0 radical (unpaired) electrons. The lowest BCUT2D eigenvalue weighted by Crippen LogP contribution is -2.29. The molecule has 0 heterocycles. The van der Waals surface area contributed by atoms with Crippen LogP contribution in [0.4, 0.5) is 4.39 Å². The Morgan fingerprint density at radius 1 is 1.14 bits per heavy atom. The summed E-state index contributed by atoms with van der Waals surface area (Å²) in [6.45, 7) is 0.223. The van der Waals surface area contributed by atoms with Crippen molar-refractivity contribution in [1.29, 1.82) is 0 Å². The van der Waals surface area contributed by atoms with E-state index >= 15 is 0 Å². The Morgan fingerprint density at radius 3 is 2.57 bits per heavy atom. The lowest BCUT2D eigenvalue weighted by atomic mass is 10.0. The highest BCUT2D eigenvalue weighted by Gasteiger charge is 2.11. The van der Waals surface area contributed by atoms with Crippen molar-refractivity contribution >= 4 is 22.6 Å². The number of carbonyl (C=O) groups excluding carboxylic acids is 2. The van der Waals surface area contributed by atoms with Crippen molar-refractivity contribution in [2.24, 2.45) is 5.73 Å². The van der Waals surface area contributed by atoms with Crippen molar-refractivity contribution in [2.45, 2.75) is 0 Å². The Bertz CT molecular complexity index is 673. The van der Waals surface area contributed by atoms with Crippen LogP contribution in [0.2, 0.25) is 0 Å². The quantitative estimate of drug-likeness (QED) is 0.785. The summed E-state index contributed by atoms with van der Waals surface area (Å²) in [5.74, 6) is -1.26. The summed E-state index contributed by atoms with van der Waals surface area (Å²) in [6, 6.07) is 9.48. The van der Waals surface area contributed by atoms with Crippen LogP contribution in [-0.2, 0) is 9.53 Å². The summed E-state index contributed by atoms with van der Waals surface area (Å²) in [4.78, 5) is 22.6. The van der Waals surface area contributed by atoms with Crippen LogP contribution in [0.5, 0.6) is 0 Å². The number of primary amides is 1. The van der Waals surface area contributed by atoms with Gasteiger partial charge in [-0.1, -0.05) is 24.3 Å². The number of rotatable bonds is 6. The number of carbonyl (C=O) groups is 2. The first-order valence-corrected chi connectivity index (χ1v) is 6.41. The molecule has 0 bridgehead atoms. The Morgan fingerprint density at radius 2 is 1.86 bits per heavy atom. The third-order valence-electron chi connectivity index (χ3n) is 2.89. The van der Waals surface area contributed by atoms with Gasteiger partial charge in [0.1, 0.15) is 12.4 Å². The molecule has 0 spiro atoms. The van der Waals surface area contributed by atoms with Crippen molar-refractivity contribution in [3.8, 4) is 0 Å². The van der Waals surface area contributed by atoms with Crippen LogP contribution in [-0.4, -0.2) is 31.6 Å². The fraction of sp³-hybridized carbons (Fsp3) is 0.200. The third kappa shape index (κ3) is 3.76. The van der Waals surface area contributed by atoms with Crippen molar-refractivity contribution < 1.29 is 18.7 Å². The number of halogens is 1. The minimum atomic E-state index is -0.564. The van der Waals surface area contributed by atoms with Crippen LogP contribution in [0.25, 0.3) is 10.8 Å². The largest absolute Gasteiger partial charge is 0.370 e. The zero-order valence-electron chi connectivity index (χ0n) is 11.3. The van der Waals surface area contributed by atoms with E-state index in [1.54, 1.807) is 24.3 Å². The molecule has 0 aliphatic carbocycles. The average Bonchev–Trinajstić information content (AvgIpc) is 2.47. The molecule has 0 saturated heterocycles. The Labute approximate surface area is 120 Å². The predicted octanol–water partition coefficient (Wildman–Crippen LogP) is 1.21. The van der Waals surface area contributed by atoms with Gasteiger partial charge in [-0.3, -0.25) is 9.59 Å². The van der Waals surface area contributed by atoms with E-state index in [0.29, 0.717) is 16.3 Å². The van der Waals surface area contributed by atoms with Gasteiger partial charge >= 0.3 is 0 Å². The Kier molecular flexibility index (Phi) is 4.84. The smallest absolute Gasteiger partial charge is 0.251 e. The molecule has 0 fully saturated rings. The molecular formula is C15H15FN2O3. The monoisotopic (exact) mass is 290 g/mol. The minimum Gasteiger partial charge on any atom is -0.370 e. The zero-order chi connectivity index (χ0) is 15.2. The topological polar surface area (TPSA) is 81.4 Å². The summed E-state index contributed by atoms with van der Waals surface area (Å²) in [5.41, 5.74) is 5.31. The highest BCUT2D eigenvalue weighted by atomic mass is 19.1. The van der Waals surface area contributed by atoms with E-state index in [1.165, 1.54) is 12.1 Å². The van der Waals surface area contributed by atoms with Crippen LogP contribution in [0, 0.1) is 5.82 Å². The standard InChI is InChI=1S/C15H15FN2O3/c16-13-6-5-12(10-3-1-2-4-11(10)13)15(20)18-7-8-21-9-14(17)19/h1-6H,7-9H2,(H2,17,19)(H,18,20). The molecule has 2 aromatic rings. The lowest BCUT2D eigenvalue weighted by molar-refractivity contribution is -0.122. The third-order valence-corrected chi connectivity index (χ3v) is 2.89. The summed E-state index contributed by atoms with van der Waals surface area (Å²) >= 11 is 0. The van der Waals surface area contributed by atoms with Crippen LogP contribution >= 0.6 is 0 Å². The summed E-state index contributed by atoms with van der Waals surface area (Å²) < 4.78 is 18.6. The molecule has 2 aromatic carbocycles. The van der Waals surface area contributed by atoms with E-state index in [9.17, 15) is 14.0 Å². The van der Waals surface area contributed by atoms with Gasteiger partial charge in [0.2, 0.25) is 5.91 Å². The number of nitrogens with one attached hydrogen (secondary N) is 1. The average molecular weight is 290 g/mol. The van der Waals surface area contributed by atoms with Crippen LogP contribution < -0.4 is 11.1 Å². The van der Waals surface area contributed by atoms with E-state index in [1.807, 2.05) is 0 Å². The molecule has 2 amide bonds. The first-order chi connectivity index (χ1) is 10.1. The normalized spacial score (nSPS) is 10.5. The van der Waals surface area contributed by atoms with Crippen molar-refractivity contribution in [3.05, 3.63) is 47.8 Å². The summed E-state index contributed by atoms with van der Waals surface area (Å²) in [6.07, 6.45) is 0. The molecule has 21 heavy (non-hydrogen) atoms. The van der Waals surface area contributed by atoms with E-state index in [0.717, 1.165) is 0 Å². The van der Waals surface area contributed by atoms with Gasteiger partial charge in [0, 0.05) is 17.5 Å².